The van der Waals surface area contributed by atoms with Gasteiger partial charge in [-0.1, -0.05) is 23.3 Å². The zero-order valence-corrected chi connectivity index (χ0v) is 8.26. The van der Waals surface area contributed by atoms with Crippen molar-refractivity contribution >= 4 is 6.29 Å². The molecule has 0 radical (unpaired) electrons. The van der Waals surface area contributed by atoms with Gasteiger partial charge in [0.15, 0.2) is 0 Å². The van der Waals surface area contributed by atoms with Gasteiger partial charge in [0.25, 0.3) is 0 Å². The Labute approximate surface area is 75.2 Å². The third kappa shape index (κ3) is 7.26. The van der Waals surface area contributed by atoms with Crippen molar-refractivity contribution in [1.82, 2.24) is 0 Å². The molecule has 0 aromatic heterocycles. The first-order chi connectivity index (χ1) is 5.66. The van der Waals surface area contributed by atoms with Gasteiger partial charge in [-0.2, -0.15) is 0 Å². The number of carbonyl (C=O) groups is 1. The first kappa shape index (κ1) is 11.2. The Morgan fingerprint density at radius 2 is 1.83 bits per heavy atom. The molecule has 12 heavy (non-hydrogen) atoms. The minimum Gasteiger partial charge on any atom is -0.303 e. The van der Waals surface area contributed by atoms with Gasteiger partial charge in [0.1, 0.15) is 6.29 Å². The van der Waals surface area contributed by atoms with E-state index < -0.39 is 0 Å². The van der Waals surface area contributed by atoms with Crippen LogP contribution >= 0.6 is 0 Å². The number of rotatable bonds is 5. The maximum Gasteiger partial charge on any atom is 0.123 e. The highest BCUT2D eigenvalue weighted by Crippen LogP contribution is 2.06. The molecule has 0 rings (SSSR count). The minimum atomic E-state index is 0.556. The smallest absolute Gasteiger partial charge is 0.123 e. The van der Waals surface area contributed by atoms with Gasteiger partial charge in [0.05, 0.1) is 0 Å². The van der Waals surface area contributed by atoms with Crippen molar-refractivity contribution in [2.45, 2.75) is 40.0 Å². The molecule has 68 valence electrons. The second kappa shape index (κ2) is 6.84. The molecular formula is C11H18O. The molecule has 0 aromatic carbocycles. The molecule has 0 aliphatic rings. The molecule has 0 N–H and O–H groups in total. The van der Waals surface area contributed by atoms with Gasteiger partial charge in [-0.25, -0.2) is 0 Å². The van der Waals surface area contributed by atoms with Gasteiger partial charge in [0.2, 0.25) is 0 Å². The summed E-state index contributed by atoms with van der Waals surface area (Å²) in [5.74, 6) is 0. The molecule has 0 saturated heterocycles. The van der Waals surface area contributed by atoms with Crippen LogP contribution in [0.25, 0.3) is 0 Å². The quantitative estimate of drug-likeness (QED) is 0.452. The average molecular weight is 166 g/mol. The van der Waals surface area contributed by atoms with E-state index in [4.69, 9.17) is 0 Å². The summed E-state index contributed by atoms with van der Waals surface area (Å²) < 4.78 is 0. The molecule has 0 heterocycles. The lowest BCUT2D eigenvalue weighted by Crippen LogP contribution is -1.78. The topological polar surface area (TPSA) is 17.1 Å². The predicted molar refractivity (Wildman–Crippen MR) is 53.1 cm³/mol. The Morgan fingerprint density at radius 1 is 1.17 bits per heavy atom. The van der Waals surface area contributed by atoms with Crippen molar-refractivity contribution < 1.29 is 4.79 Å². The SMILES string of the molecule is CC(C)=CCC/C(C)=C\CC=O. The van der Waals surface area contributed by atoms with Gasteiger partial charge >= 0.3 is 0 Å². The number of allylic oxidation sites excluding steroid dienone is 4. The lowest BCUT2D eigenvalue weighted by molar-refractivity contribution is -0.107. The van der Waals surface area contributed by atoms with E-state index in [1.54, 1.807) is 0 Å². The Hall–Kier alpha value is -0.850. The summed E-state index contributed by atoms with van der Waals surface area (Å²) in [6, 6.07) is 0. The van der Waals surface area contributed by atoms with Gasteiger partial charge in [-0.05, 0) is 33.6 Å². The fourth-order valence-electron chi connectivity index (χ4n) is 0.940. The Morgan fingerprint density at radius 3 is 2.33 bits per heavy atom. The lowest BCUT2D eigenvalue weighted by atomic mass is 10.1. The van der Waals surface area contributed by atoms with Crippen molar-refractivity contribution in [3.05, 3.63) is 23.3 Å². The standard InChI is InChI=1S/C11H18O/c1-10(2)6-4-7-11(3)8-5-9-12/h6,8-9H,4-5,7H2,1-3H3/b11-8-. The van der Waals surface area contributed by atoms with Crippen LogP contribution in [0.2, 0.25) is 0 Å². The number of hydrogen-bond donors (Lipinski definition) is 0. The maximum atomic E-state index is 10.0. The molecule has 0 fully saturated rings. The zero-order valence-electron chi connectivity index (χ0n) is 8.26. The van der Waals surface area contributed by atoms with Gasteiger partial charge in [-0.15, -0.1) is 0 Å². The highest BCUT2D eigenvalue weighted by atomic mass is 16.1. The maximum absolute atomic E-state index is 10.0. The number of carbonyl (C=O) groups excluding carboxylic acids is 1. The van der Waals surface area contributed by atoms with Gasteiger partial charge in [0, 0.05) is 6.42 Å². The van der Waals surface area contributed by atoms with E-state index in [2.05, 4.69) is 26.8 Å². The van der Waals surface area contributed by atoms with Crippen LogP contribution in [0.5, 0.6) is 0 Å². The summed E-state index contributed by atoms with van der Waals surface area (Å²) in [7, 11) is 0. The largest absolute Gasteiger partial charge is 0.303 e. The highest BCUT2D eigenvalue weighted by molar-refractivity contribution is 5.52. The van der Waals surface area contributed by atoms with Crippen LogP contribution in [-0.2, 0) is 4.79 Å². The van der Waals surface area contributed by atoms with E-state index >= 15 is 0 Å². The molecule has 0 bridgehead atoms. The van der Waals surface area contributed by atoms with Crippen LogP contribution in [0, 0.1) is 0 Å². The van der Waals surface area contributed by atoms with Crippen LogP contribution in [0.1, 0.15) is 40.0 Å². The molecule has 0 unspecified atom stereocenters. The Kier molecular flexibility index (Phi) is 6.35. The van der Waals surface area contributed by atoms with E-state index in [1.165, 1.54) is 11.1 Å². The van der Waals surface area contributed by atoms with Crippen molar-refractivity contribution in [2.24, 2.45) is 0 Å². The van der Waals surface area contributed by atoms with Crippen LogP contribution in [0.3, 0.4) is 0 Å². The average Bonchev–Trinajstić information content (AvgIpc) is 2.00. The van der Waals surface area contributed by atoms with Crippen LogP contribution in [0.15, 0.2) is 23.3 Å². The van der Waals surface area contributed by atoms with E-state index in [0.717, 1.165) is 19.1 Å². The number of hydrogen-bond acceptors (Lipinski definition) is 1. The van der Waals surface area contributed by atoms with Crippen molar-refractivity contribution in [2.75, 3.05) is 0 Å². The molecule has 1 heteroatoms. The molecule has 0 aromatic rings. The second-order valence-corrected chi connectivity index (χ2v) is 3.27. The van der Waals surface area contributed by atoms with E-state index in [9.17, 15) is 4.79 Å². The molecule has 0 aliphatic carbocycles. The first-order valence-electron chi connectivity index (χ1n) is 4.39. The van der Waals surface area contributed by atoms with Gasteiger partial charge in [-0.3, -0.25) is 0 Å². The zero-order chi connectivity index (χ0) is 9.40. The molecule has 0 spiro atoms. The predicted octanol–water partition coefficient (Wildman–Crippen LogP) is 3.27. The monoisotopic (exact) mass is 166 g/mol. The molecule has 0 amide bonds. The first-order valence-corrected chi connectivity index (χ1v) is 4.39. The summed E-state index contributed by atoms with van der Waals surface area (Å²) in [6.07, 6.45) is 7.86. The normalized spacial score (nSPS) is 11.1. The summed E-state index contributed by atoms with van der Waals surface area (Å²) >= 11 is 0. The second-order valence-electron chi connectivity index (χ2n) is 3.27. The third-order valence-corrected chi connectivity index (χ3v) is 1.65. The lowest BCUT2D eigenvalue weighted by Gasteiger charge is -1.96. The van der Waals surface area contributed by atoms with Crippen molar-refractivity contribution in [3.8, 4) is 0 Å². The number of aldehydes is 1. The molecule has 0 aliphatic heterocycles. The third-order valence-electron chi connectivity index (χ3n) is 1.65. The van der Waals surface area contributed by atoms with E-state index in [-0.39, 0.29) is 0 Å². The highest BCUT2D eigenvalue weighted by Gasteiger charge is 1.87. The fraction of sp³-hybridized carbons (Fsp3) is 0.545. The molecule has 0 atom stereocenters. The summed E-state index contributed by atoms with van der Waals surface area (Å²) in [5, 5.41) is 0. The Bertz CT molecular complexity index is 183. The molecule has 1 nitrogen and oxygen atoms in total. The van der Waals surface area contributed by atoms with E-state index in [1.807, 2.05) is 6.08 Å². The fourth-order valence-corrected chi connectivity index (χ4v) is 0.940. The van der Waals surface area contributed by atoms with Crippen LogP contribution in [-0.4, -0.2) is 6.29 Å². The van der Waals surface area contributed by atoms with Crippen LogP contribution < -0.4 is 0 Å². The summed E-state index contributed by atoms with van der Waals surface area (Å²) in [6.45, 7) is 6.28. The summed E-state index contributed by atoms with van der Waals surface area (Å²) in [5.41, 5.74) is 2.66. The van der Waals surface area contributed by atoms with Crippen molar-refractivity contribution in [3.63, 3.8) is 0 Å². The minimum absolute atomic E-state index is 0.556. The molecular weight excluding hydrogens is 148 g/mol. The Balaban J connectivity index is 3.63. The molecule has 0 saturated carbocycles. The van der Waals surface area contributed by atoms with Crippen LogP contribution in [0.4, 0.5) is 0 Å². The van der Waals surface area contributed by atoms with E-state index in [0.29, 0.717) is 6.42 Å². The van der Waals surface area contributed by atoms with Crippen molar-refractivity contribution in [1.29, 1.82) is 0 Å². The van der Waals surface area contributed by atoms with Gasteiger partial charge < -0.3 is 4.79 Å². The summed E-state index contributed by atoms with van der Waals surface area (Å²) in [4.78, 5) is 10.0.